The third-order valence-electron chi connectivity index (χ3n) is 2.91. The Morgan fingerprint density at radius 1 is 1.12 bits per heavy atom. The lowest BCUT2D eigenvalue weighted by Crippen LogP contribution is -2.15. The second-order valence-electron chi connectivity index (χ2n) is 4.20. The van der Waals surface area contributed by atoms with Gasteiger partial charge in [-0.25, -0.2) is 0 Å². The molecule has 2 heteroatoms. The smallest absolute Gasteiger partial charge is 0.0348 e. The van der Waals surface area contributed by atoms with Crippen molar-refractivity contribution in [2.24, 2.45) is 5.73 Å². The minimum atomic E-state index is 0.111. The zero-order chi connectivity index (χ0) is 11.5. The fraction of sp³-hybridized carbons (Fsp3) is 0.286. The van der Waals surface area contributed by atoms with E-state index in [1.54, 1.807) is 11.3 Å². The largest absolute Gasteiger partial charge is 0.324 e. The number of thiophene rings is 1. The first-order valence-corrected chi connectivity index (χ1v) is 6.40. The Labute approximate surface area is 101 Å². The van der Waals surface area contributed by atoms with Crippen LogP contribution in [0.2, 0.25) is 0 Å². The lowest BCUT2D eigenvalue weighted by molar-refractivity contribution is 0.719. The molecule has 2 rings (SSSR count). The molecule has 0 saturated carbocycles. The van der Waals surface area contributed by atoms with Crippen LogP contribution in [0.1, 0.15) is 27.6 Å². The highest BCUT2D eigenvalue weighted by Crippen LogP contribution is 2.24. The molecule has 0 amide bonds. The van der Waals surface area contributed by atoms with Crippen molar-refractivity contribution in [2.75, 3.05) is 0 Å². The van der Waals surface area contributed by atoms with E-state index in [0.29, 0.717) is 0 Å². The predicted molar refractivity (Wildman–Crippen MR) is 70.9 cm³/mol. The minimum absolute atomic E-state index is 0.111. The monoisotopic (exact) mass is 231 g/mol. The van der Waals surface area contributed by atoms with Gasteiger partial charge < -0.3 is 5.73 Å². The summed E-state index contributed by atoms with van der Waals surface area (Å²) in [6, 6.07) is 10.7. The predicted octanol–water partition coefficient (Wildman–Crippen LogP) is 3.61. The van der Waals surface area contributed by atoms with Crippen molar-refractivity contribution in [1.82, 2.24) is 0 Å². The highest BCUT2D eigenvalue weighted by Gasteiger charge is 2.12. The van der Waals surface area contributed by atoms with Gasteiger partial charge in [-0.2, -0.15) is 0 Å². The number of hydrogen-bond donors (Lipinski definition) is 1. The normalized spacial score (nSPS) is 12.7. The number of benzene rings is 1. The van der Waals surface area contributed by atoms with Gasteiger partial charge in [-0.15, -0.1) is 11.3 Å². The molecule has 1 unspecified atom stereocenters. The molecule has 2 N–H and O–H groups in total. The Balaban J connectivity index is 2.24. The van der Waals surface area contributed by atoms with Crippen LogP contribution in [0.15, 0.2) is 35.7 Å². The Morgan fingerprint density at radius 3 is 2.38 bits per heavy atom. The molecule has 0 spiro atoms. The molecule has 0 aliphatic rings. The maximum atomic E-state index is 6.29. The molecule has 1 atom stereocenters. The van der Waals surface area contributed by atoms with E-state index < -0.39 is 0 Å². The van der Waals surface area contributed by atoms with Gasteiger partial charge in [0.15, 0.2) is 0 Å². The molecule has 0 radical (unpaired) electrons. The zero-order valence-corrected chi connectivity index (χ0v) is 10.6. The first-order valence-electron chi connectivity index (χ1n) is 5.52. The van der Waals surface area contributed by atoms with Gasteiger partial charge in [0, 0.05) is 17.3 Å². The van der Waals surface area contributed by atoms with Crippen molar-refractivity contribution in [3.8, 4) is 0 Å². The van der Waals surface area contributed by atoms with Gasteiger partial charge in [-0.05, 0) is 42.0 Å². The van der Waals surface area contributed by atoms with Crippen LogP contribution in [0.25, 0.3) is 0 Å². The molecule has 0 fully saturated rings. The Morgan fingerprint density at radius 2 is 1.81 bits per heavy atom. The molecule has 1 aromatic heterocycles. The number of hydrogen-bond acceptors (Lipinski definition) is 2. The molecule has 1 heterocycles. The first-order chi connectivity index (χ1) is 7.68. The molecule has 0 aliphatic carbocycles. The van der Waals surface area contributed by atoms with E-state index >= 15 is 0 Å². The SMILES string of the molecule is Cc1cccc(C)c1C(N)Cc1cccs1. The van der Waals surface area contributed by atoms with Crippen molar-refractivity contribution >= 4 is 11.3 Å². The highest BCUT2D eigenvalue weighted by atomic mass is 32.1. The third-order valence-corrected chi connectivity index (χ3v) is 3.81. The molecule has 0 saturated heterocycles. The van der Waals surface area contributed by atoms with Crippen LogP contribution in [0.4, 0.5) is 0 Å². The fourth-order valence-electron chi connectivity index (χ4n) is 2.16. The van der Waals surface area contributed by atoms with Crippen molar-refractivity contribution in [3.05, 3.63) is 57.3 Å². The Hall–Kier alpha value is -1.12. The second kappa shape index (κ2) is 4.81. The van der Waals surface area contributed by atoms with Gasteiger partial charge in [-0.3, -0.25) is 0 Å². The molecule has 2 aromatic rings. The Bertz CT molecular complexity index is 439. The summed E-state index contributed by atoms with van der Waals surface area (Å²) in [6.45, 7) is 4.27. The molecule has 1 nitrogen and oxygen atoms in total. The van der Waals surface area contributed by atoms with E-state index in [2.05, 4.69) is 49.6 Å². The van der Waals surface area contributed by atoms with Crippen LogP contribution in [-0.2, 0) is 6.42 Å². The maximum absolute atomic E-state index is 6.29. The summed E-state index contributed by atoms with van der Waals surface area (Å²) in [6.07, 6.45) is 0.934. The van der Waals surface area contributed by atoms with E-state index in [0.717, 1.165) is 6.42 Å². The number of nitrogens with two attached hydrogens (primary N) is 1. The summed E-state index contributed by atoms with van der Waals surface area (Å²) in [7, 11) is 0. The van der Waals surface area contributed by atoms with Gasteiger partial charge in [-0.1, -0.05) is 24.3 Å². The summed E-state index contributed by atoms with van der Waals surface area (Å²) < 4.78 is 0. The molecule has 1 aromatic carbocycles. The van der Waals surface area contributed by atoms with Crippen LogP contribution in [0.5, 0.6) is 0 Å². The quantitative estimate of drug-likeness (QED) is 0.858. The molecular weight excluding hydrogens is 214 g/mol. The number of aryl methyl sites for hydroxylation is 2. The van der Waals surface area contributed by atoms with Crippen LogP contribution < -0.4 is 5.73 Å². The van der Waals surface area contributed by atoms with Crippen molar-refractivity contribution < 1.29 is 0 Å². The fourth-order valence-corrected chi connectivity index (χ4v) is 2.92. The molecule has 84 valence electrons. The lowest BCUT2D eigenvalue weighted by atomic mass is 9.94. The summed E-state index contributed by atoms with van der Waals surface area (Å²) >= 11 is 1.78. The van der Waals surface area contributed by atoms with Crippen LogP contribution in [0.3, 0.4) is 0 Å². The van der Waals surface area contributed by atoms with Crippen molar-refractivity contribution in [2.45, 2.75) is 26.3 Å². The van der Waals surface area contributed by atoms with Gasteiger partial charge >= 0.3 is 0 Å². The van der Waals surface area contributed by atoms with Gasteiger partial charge in [0.2, 0.25) is 0 Å². The maximum Gasteiger partial charge on any atom is 0.0348 e. The topological polar surface area (TPSA) is 26.0 Å². The van der Waals surface area contributed by atoms with Crippen LogP contribution in [-0.4, -0.2) is 0 Å². The average molecular weight is 231 g/mol. The molecule has 0 bridgehead atoms. The summed E-state index contributed by atoms with van der Waals surface area (Å²) in [5.74, 6) is 0. The second-order valence-corrected chi connectivity index (χ2v) is 5.23. The molecular formula is C14H17NS. The Kier molecular flexibility index (Phi) is 3.42. The van der Waals surface area contributed by atoms with E-state index in [1.807, 2.05) is 0 Å². The van der Waals surface area contributed by atoms with Crippen molar-refractivity contribution in [1.29, 1.82) is 0 Å². The minimum Gasteiger partial charge on any atom is -0.324 e. The number of rotatable bonds is 3. The van der Waals surface area contributed by atoms with E-state index in [-0.39, 0.29) is 6.04 Å². The first kappa shape index (κ1) is 11.4. The zero-order valence-electron chi connectivity index (χ0n) is 9.73. The van der Waals surface area contributed by atoms with Crippen LogP contribution in [0, 0.1) is 13.8 Å². The summed E-state index contributed by atoms with van der Waals surface area (Å²) in [5, 5.41) is 2.10. The summed E-state index contributed by atoms with van der Waals surface area (Å²) in [5.41, 5.74) is 10.2. The van der Waals surface area contributed by atoms with Gasteiger partial charge in [0.05, 0.1) is 0 Å². The molecule has 16 heavy (non-hydrogen) atoms. The van der Waals surface area contributed by atoms with Gasteiger partial charge in [0.1, 0.15) is 0 Å². The standard InChI is InChI=1S/C14H17NS/c1-10-5-3-6-11(2)14(10)13(15)9-12-7-4-8-16-12/h3-8,13H,9,15H2,1-2H3. The van der Waals surface area contributed by atoms with Crippen molar-refractivity contribution in [3.63, 3.8) is 0 Å². The van der Waals surface area contributed by atoms with E-state index in [4.69, 9.17) is 5.73 Å². The third kappa shape index (κ3) is 2.34. The van der Waals surface area contributed by atoms with Gasteiger partial charge in [0.25, 0.3) is 0 Å². The highest BCUT2D eigenvalue weighted by molar-refractivity contribution is 7.09. The van der Waals surface area contributed by atoms with E-state index in [1.165, 1.54) is 21.6 Å². The molecule has 0 aliphatic heterocycles. The lowest BCUT2D eigenvalue weighted by Gasteiger charge is -2.16. The summed E-state index contributed by atoms with van der Waals surface area (Å²) in [4.78, 5) is 1.36. The van der Waals surface area contributed by atoms with E-state index in [9.17, 15) is 0 Å². The van der Waals surface area contributed by atoms with Crippen LogP contribution >= 0.6 is 11.3 Å². The average Bonchev–Trinajstić information content (AvgIpc) is 2.70.